The maximum atomic E-state index is 12.1. The first-order chi connectivity index (χ1) is 10.3. The van der Waals surface area contributed by atoms with E-state index in [-0.39, 0.29) is 0 Å². The van der Waals surface area contributed by atoms with Crippen LogP contribution in [0.15, 0.2) is 30.3 Å². The lowest BCUT2D eigenvalue weighted by Gasteiger charge is -2.34. The van der Waals surface area contributed by atoms with Crippen molar-refractivity contribution in [2.24, 2.45) is 0 Å². The van der Waals surface area contributed by atoms with Gasteiger partial charge in [0.15, 0.2) is 0 Å². The molecule has 0 N–H and O–H groups in total. The topological polar surface area (TPSA) is 23.6 Å². The second-order valence-corrected chi connectivity index (χ2v) is 6.40. The lowest BCUT2D eigenvalue weighted by atomic mass is 10.1. The van der Waals surface area contributed by atoms with Gasteiger partial charge in [-0.25, -0.2) is 0 Å². The number of carbonyl (C=O) groups excluding carboxylic acids is 1. The van der Waals surface area contributed by atoms with E-state index in [1.165, 1.54) is 5.56 Å². The smallest absolute Gasteiger partial charge is 0.222 e. The van der Waals surface area contributed by atoms with Crippen molar-refractivity contribution in [3.8, 4) is 0 Å². The molecule has 1 aliphatic heterocycles. The highest BCUT2D eigenvalue weighted by Crippen LogP contribution is 2.08. The van der Waals surface area contributed by atoms with Gasteiger partial charge in [0, 0.05) is 44.5 Å². The first-order valence-corrected chi connectivity index (χ1v) is 9.02. The highest BCUT2D eigenvalue weighted by molar-refractivity contribution is 9.09. The van der Waals surface area contributed by atoms with E-state index < -0.39 is 0 Å². The molecule has 116 valence electrons. The number of rotatable bonds is 7. The zero-order chi connectivity index (χ0) is 14.9. The number of hydrogen-bond acceptors (Lipinski definition) is 2. The van der Waals surface area contributed by atoms with E-state index in [0.29, 0.717) is 12.3 Å². The first kappa shape index (κ1) is 16.5. The van der Waals surface area contributed by atoms with Crippen molar-refractivity contribution in [3.05, 3.63) is 35.9 Å². The van der Waals surface area contributed by atoms with Gasteiger partial charge in [0.2, 0.25) is 5.91 Å². The minimum atomic E-state index is 0.332. The van der Waals surface area contributed by atoms with Crippen molar-refractivity contribution in [3.63, 3.8) is 0 Å². The van der Waals surface area contributed by atoms with E-state index in [2.05, 4.69) is 51.2 Å². The molecule has 0 bridgehead atoms. The second kappa shape index (κ2) is 9.21. The highest BCUT2D eigenvalue weighted by atomic mass is 79.9. The average Bonchev–Trinajstić information content (AvgIpc) is 2.54. The number of carbonyl (C=O) groups is 1. The largest absolute Gasteiger partial charge is 0.340 e. The molecule has 0 saturated carbocycles. The molecule has 1 aliphatic rings. The molecule has 1 fully saturated rings. The van der Waals surface area contributed by atoms with Gasteiger partial charge in [0.05, 0.1) is 0 Å². The highest BCUT2D eigenvalue weighted by Gasteiger charge is 2.20. The number of alkyl halides is 1. The Labute approximate surface area is 136 Å². The van der Waals surface area contributed by atoms with Gasteiger partial charge in [-0.15, -0.1) is 0 Å². The summed E-state index contributed by atoms with van der Waals surface area (Å²) < 4.78 is 0. The number of hydrogen-bond donors (Lipinski definition) is 0. The van der Waals surface area contributed by atoms with Gasteiger partial charge in [0.25, 0.3) is 0 Å². The van der Waals surface area contributed by atoms with Gasteiger partial charge in [0.1, 0.15) is 0 Å². The molecule has 1 amide bonds. The van der Waals surface area contributed by atoms with E-state index in [0.717, 1.165) is 57.3 Å². The van der Waals surface area contributed by atoms with Crippen molar-refractivity contribution in [2.45, 2.75) is 25.7 Å². The number of benzene rings is 1. The molecule has 21 heavy (non-hydrogen) atoms. The molecule has 0 radical (unpaired) electrons. The molecule has 3 nitrogen and oxygen atoms in total. The summed E-state index contributed by atoms with van der Waals surface area (Å²) in [4.78, 5) is 16.6. The zero-order valence-electron chi connectivity index (χ0n) is 12.6. The van der Waals surface area contributed by atoms with Gasteiger partial charge in [-0.1, -0.05) is 46.3 Å². The molecule has 4 heteroatoms. The van der Waals surface area contributed by atoms with E-state index in [1.807, 2.05) is 4.90 Å². The van der Waals surface area contributed by atoms with Gasteiger partial charge in [-0.05, 0) is 24.8 Å². The number of nitrogens with zero attached hydrogens (tertiary/aromatic N) is 2. The first-order valence-electron chi connectivity index (χ1n) is 7.89. The summed E-state index contributed by atoms with van der Waals surface area (Å²) in [6.07, 6.45) is 3.89. The minimum absolute atomic E-state index is 0.332. The minimum Gasteiger partial charge on any atom is -0.340 e. The van der Waals surface area contributed by atoms with E-state index in [4.69, 9.17) is 0 Å². The van der Waals surface area contributed by atoms with Gasteiger partial charge >= 0.3 is 0 Å². The van der Waals surface area contributed by atoms with E-state index >= 15 is 0 Å². The van der Waals surface area contributed by atoms with Crippen LogP contribution in [0, 0.1) is 0 Å². The molecule has 1 aromatic carbocycles. The quantitative estimate of drug-likeness (QED) is 0.556. The van der Waals surface area contributed by atoms with Gasteiger partial charge < -0.3 is 4.90 Å². The molecule has 2 rings (SSSR count). The molecule has 0 spiro atoms. The van der Waals surface area contributed by atoms with Crippen LogP contribution in [0.1, 0.15) is 24.8 Å². The summed E-state index contributed by atoms with van der Waals surface area (Å²) in [7, 11) is 0. The lowest BCUT2D eigenvalue weighted by Crippen LogP contribution is -2.49. The third-order valence-electron chi connectivity index (χ3n) is 4.06. The Hall–Kier alpha value is -0.870. The van der Waals surface area contributed by atoms with E-state index in [9.17, 15) is 4.79 Å². The number of piperazine rings is 1. The van der Waals surface area contributed by atoms with Crippen LogP contribution in [0.2, 0.25) is 0 Å². The summed E-state index contributed by atoms with van der Waals surface area (Å²) in [5, 5.41) is 0.994. The molecular formula is C17H25BrN2O. The Morgan fingerprint density at radius 3 is 2.43 bits per heavy atom. The fraction of sp³-hybridized carbons (Fsp3) is 0.588. The summed E-state index contributed by atoms with van der Waals surface area (Å²) in [6, 6.07) is 10.6. The van der Waals surface area contributed by atoms with Crippen LogP contribution in [0.25, 0.3) is 0 Å². The summed E-state index contributed by atoms with van der Waals surface area (Å²) in [6.45, 7) is 4.90. The Morgan fingerprint density at radius 1 is 1.05 bits per heavy atom. The lowest BCUT2D eigenvalue weighted by molar-refractivity contribution is -0.133. The van der Waals surface area contributed by atoms with Crippen molar-refractivity contribution >= 4 is 21.8 Å². The fourth-order valence-corrected chi connectivity index (χ4v) is 3.08. The predicted molar refractivity (Wildman–Crippen MR) is 90.8 cm³/mol. The summed E-state index contributed by atoms with van der Waals surface area (Å²) in [5.41, 5.74) is 1.39. The third kappa shape index (κ3) is 5.79. The maximum absolute atomic E-state index is 12.1. The van der Waals surface area contributed by atoms with Crippen molar-refractivity contribution in [2.75, 3.05) is 38.1 Å². The molecule has 0 aromatic heterocycles. The van der Waals surface area contributed by atoms with Crippen molar-refractivity contribution < 1.29 is 4.79 Å². The SMILES string of the molecule is O=C(CCCCBr)N1CCN(CCc2ccccc2)CC1. The van der Waals surface area contributed by atoms with Crippen LogP contribution in [0.4, 0.5) is 0 Å². The Bertz CT molecular complexity index is 416. The zero-order valence-corrected chi connectivity index (χ0v) is 14.2. The Kier molecular flexibility index (Phi) is 7.24. The Balaban J connectivity index is 1.65. The molecule has 0 aliphatic carbocycles. The third-order valence-corrected chi connectivity index (χ3v) is 4.62. The molecular weight excluding hydrogens is 328 g/mol. The molecule has 1 aromatic rings. The van der Waals surface area contributed by atoms with Gasteiger partial charge in [-0.2, -0.15) is 0 Å². The second-order valence-electron chi connectivity index (χ2n) is 5.60. The molecule has 0 atom stereocenters. The van der Waals surface area contributed by atoms with Crippen LogP contribution >= 0.6 is 15.9 Å². The normalized spacial score (nSPS) is 16.1. The number of unbranched alkanes of at least 4 members (excludes halogenated alkanes) is 1. The van der Waals surface area contributed by atoms with Gasteiger partial charge in [-0.3, -0.25) is 9.69 Å². The molecule has 0 unspecified atom stereocenters. The van der Waals surface area contributed by atoms with Crippen LogP contribution < -0.4 is 0 Å². The van der Waals surface area contributed by atoms with Crippen molar-refractivity contribution in [1.29, 1.82) is 0 Å². The Morgan fingerprint density at radius 2 is 1.76 bits per heavy atom. The van der Waals surface area contributed by atoms with E-state index in [1.54, 1.807) is 0 Å². The average molecular weight is 353 g/mol. The standard InChI is InChI=1S/C17H25BrN2O/c18-10-5-4-8-17(21)20-14-12-19(13-15-20)11-9-16-6-2-1-3-7-16/h1-3,6-7H,4-5,8-15H2. The maximum Gasteiger partial charge on any atom is 0.222 e. The predicted octanol–water partition coefficient (Wildman–Crippen LogP) is 2.94. The van der Waals surface area contributed by atoms with Crippen LogP contribution in [-0.4, -0.2) is 53.8 Å². The fourth-order valence-electron chi connectivity index (χ4n) is 2.68. The van der Waals surface area contributed by atoms with Crippen LogP contribution in [0.5, 0.6) is 0 Å². The summed E-state index contributed by atoms with van der Waals surface area (Å²) in [5.74, 6) is 0.332. The van der Waals surface area contributed by atoms with Crippen LogP contribution in [-0.2, 0) is 11.2 Å². The molecule has 1 saturated heterocycles. The summed E-state index contributed by atoms with van der Waals surface area (Å²) >= 11 is 3.41. The van der Waals surface area contributed by atoms with Crippen molar-refractivity contribution in [1.82, 2.24) is 9.80 Å². The monoisotopic (exact) mass is 352 g/mol. The number of halogens is 1. The number of amides is 1. The van der Waals surface area contributed by atoms with Crippen LogP contribution in [0.3, 0.4) is 0 Å². The molecule has 1 heterocycles.